The first kappa shape index (κ1) is 56.0. The van der Waals surface area contributed by atoms with Gasteiger partial charge in [0.15, 0.2) is 18.9 Å². The Hall–Kier alpha value is -5.96. The Morgan fingerprint density at radius 3 is 0.803 bits per heavy atom. The quantitative estimate of drug-likeness (QED) is 0.0923. The number of aromatic nitrogens is 2. The van der Waals surface area contributed by atoms with Gasteiger partial charge in [0.1, 0.15) is 6.15 Å². The fraction of sp³-hybridized carbons (Fsp3) is 0.209. The third kappa shape index (κ3) is 13.3. The fourth-order valence-corrected chi connectivity index (χ4v) is 7.82. The standard InChI is InChI=1S/C32H12BF24.C11H10BrN2/c34-25(35,36)13-1-14(26(37,38)39)6-21(5-13)33(22-7-15(27(40,41)42)2-16(8-22)28(43,44)45,23-9-17(29(46,47)48)3-18(10-23)30(49,50)51)24-11-19(31(52,53)54)4-20(12-24)32(55,56)57;12-11-3-1-2-10(8-11)9-14-6-4-13-5-7-14/h1-12H;1-8H,9H2/q-1;+1. The molecule has 0 saturated carbocycles. The molecule has 2 nitrogen and oxygen atoms in total. The largest absolute Gasteiger partial charge is 0.416 e. The second-order valence-electron chi connectivity index (χ2n) is 15.3. The maximum Gasteiger partial charge on any atom is 0.416 e. The van der Waals surface area contributed by atoms with E-state index in [1.807, 2.05) is 24.5 Å². The second kappa shape index (κ2) is 19.2. The normalized spacial score (nSPS) is 13.5. The molecule has 0 bridgehead atoms. The van der Waals surface area contributed by atoms with Crippen LogP contribution in [0, 0.1) is 0 Å². The molecule has 0 N–H and O–H groups in total. The minimum Gasteiger partial charge on any atom is -0.252 e. The Morgan fingerprint density at radius 1 is 0.352 bits per heavy atom. The molecule has 0 unspecified atom stereocenters. The van der Waals surface area contributed by atoms with Crippen LogP contribution in [0.15, 0.2) is 126 Å². The summed E-state index contributed by atoms with van der Waals surface area (Å²) in [6, 6.07) is -0.511. The van der Waals surface area contributed by atoms with Gasteiger partial charge in [-0.3, -0.25) is 4.98 Å². The van der Waals surface area contributed by atoms with Gasteiger partial charge in [-0.1, -0.05) is 76.6 Å². The zero-order valence-electron chi connectivity index (χ0n) is 34.2. The Labute approximate surface area is 390 Å². The molecule has 0 atom stereocenters. The molecule has 0 radical (unpaired) electrons. The fourth-order valence-electron chi connectivity index (χ4n) is 7.37. The predicted molar refractivity (Wildman–Crippen MR) is 208 cm³/mol. The molecule has 5 aromatic carbocycles. The summed E-state index contributed by atoms with van der Waals surface area (Å²) < 4.78 is 344. The number of hydrogen-bond donors (Lipinski definition) is 0. The zero-order valence-corrected chi connectivity index (χ0v) is 35.8. The first-order valence-electron chi connectivity index (χ1n) is 19.0. The van der Waals surface area contributed by atoms with Gasteiger partial charge in [0.25, 0.3) is 0 Å². The molecular weight excluding hydrogens is 1090 g/mol. The number of benzene rings is 5. The van der Waals surface area contributed by atoms with Crippen LogP contribution < -0.4 is 26.4 Å². The first-order valence-corrected chi connectivity index (χ1v) is 19.8. The molecule has 71 heavy (non-hydrogen) atoms. The molecule has 0 amide bonds. The highest BCUT2D eigenvalue weighted by atomic mass is 79.9. The van der Waals surface area contributed by atoms with Gasteiger partial charge in [-0.15, -0.1) is 0 Å². The highest BCUT2D eigenvalue weighted by Crippen LogP contribution is 2.41. The molecule has 0 saturated heterocycles. The molecule has 0 aliphatic rings. The van der Waals surface area contributed by atoms with Crippen molar-refractivity contribution in [1.82, 2.24) is 4.98 Å². The van der Waals surface area contributed by atoms with Gasteiger partial charge in [0.2, 0.25) is 0 Å². The van der Waals surface area contributed by atoms with E-state index in [2.05, 4.69) is 37.6 Å². The van der Waals surface area contributed by atoms with Crippen molar-refractivity contribution in [2.75, 3.05) is 0 Å². The van der Waals surface area contributed by atoms with Crippen molar-refractivity contribution in [3.8, 4) is 0 Å². The van der Waals surface area contributed by atoms with Crippen molar-refractivity contribution in [3.05, 3.63) is 176 Å². The lowest BCUT2D eigenvalue weighted by Gasteiger charge is -2.46. The summed E-state index contributed by atoms with van der Waals surface area (Å²) in [7, 11) is 0. The second-order valence-corrected chi connectivity index (χ2v) is 16.2. The lowest BCUT2D eigenvalue weighted by Crippen LogP contribution is -2.75. The lowest BCUT2D eigenvalue weighted by atomic mass is 9.12. The maximum atomic E-state index is 14.2. The minimum absolute atomic E-state index is 0.691. The van der Waals surface area contributed by atoms with Crippen LogP contribution in [0.4, 0.5) is 105 Å². The Morgan fingerprint density at radius 2 is 0.592 bits per heavy atom. The topological polar surface area (TPSA) is 16.8 Å². The number of halogens is 25. The van der Waals surface area contributed by atoms with Crippen LogP contribution >= 0.6 is 15.9 Å². The number of nitrogens with zero attached hydrogens (tertiary/aromatic N) is 2. The van der Waals surface area contributed by atoms with Crippen molar-refractivity contribution < 1.29 is 110 Å². The van der Waals surface area contributed by atoms with Crippen molar-refractivity contribution >= 4 is 43.9 Å². The Bertz CT molecular complexity index is 2420. The molecule has 6 rings (SSSR count). The maximum absolute atomic E-state index is 14.2. The van der Waals surface area contributed by atoms with Gasteiger partial charge in [-0.2, -0.15) is 132 Å². The zero-order chi connectivity index (χ0) is 53.7. The third-order valence-electron chi connectivity index (χ3n) is 10.4. The van der Waals surface area contributed by atoms with Crippen molar-refractivity contribution in [2.24, 2.45) is 0 Å². The summed E-state index contributed by atoms with van der Waals surface area (Å²) in [6.07, 6.45) is -47.3. The van der Waals surface area contributed by atoms with Gasteiger partial charge in [0, 0.05) is 10.0 Å². The number of alkyl halides is 24. The summed E-state index contributed by atoms with van der Waals surface area (Å²) in [5, 5.41) is 0. The summed E-state index contributed by atoms with van der Waals surface area (Å²) in [4.78, 5) is 3.97. The van der Waals surface area contributed by atoms with Crippen LogP contribution in [0.2, 0.25) is 0 Å². The lowest BCUT2D eigenvalue weighted by molar-refractivity contribution is -0.688. The van der Waals surface area contributed by atoms with Crippen LogP contribution in [-0.4, -0.2) is 11.1 Å². The molecular formula is C43H22BBrF24N2. The Balaban J connectivity index is 0.000000569. The van der Waals surface area contributed by atoms with Crippen LogP contribution in [0.1, 0.15) is 50.1 Å². The van der Waals surface area contributed by atoms with E-state index in [9.17, 15) is 105 Å². The average molecular weight is 1110 g/mol. The summed E-state index contributed by atoms with van der Waals surface area (Å²) in [6.45, 7) is 0.877. The third-order valence-corrected chi connectivity index (χ3v) is 10.9. The number of hydrogen-bond acceptors (Lipinski definition) is 1. The molecule has 382 valence electrons. The van der Waals surface area contributed by atoms with Crippen molar-refractivity contribution in [2.45, 2.75) is 56.0 Å². The van der Waals surface area contributed by atoms with Crippen molar-refractivity contribution in [3.63, 3.8) is 0 Å². The van der Waals surface area contributed by atoms with E-state index >= 15 is 0 Å². The Kier molecular flexibility index (Phi) is 15.2. The van der Waals surface area contributed by atoms with E-state index in [1.165, 1.54) is 5.56 Å². The van der Waals surface area contributed by atoms with Crippen LogP contribution in [0.3, 0.4) is 0 Å². The van der Waals surface area contributed by atoms with E-state index in [-0.39, 0.29) is 0 Å². The monoisotopic (exact) mass is 1110 g/mol. The summed E-state index contributed by atoms with van der Waals surface area (Å²) >= 11 is 3.45. The molecule has 6 aromatic rings. The van der Waals surface area contributed by atoms with E-state index in [0.717, 1.165) is 11.0 Å². The van der Waals surface area contributed by atoms with Gasteiger partial charge >= 0.3 is 49.4 Å². The summed E-state index contributed by atoms with van der Waals surface area (Å²) in [5.41, 5.74) is -28.9. The molecule has 0 aliphatic carbocycles. The van der Waals surface area contributed by atoms with Crippen LogP contribution in [0.25, 0.3) is 0 Å². The molecule has 0 fully saturated rings. The summed E-state index contributed by atoms with van der Waals surface area (Å²) in [5.74, 6) is 0. The van der Waals surface area contributed by atoms with Gasteiger partial charge < -0.3 is 0 Å². The first-order chi connectivity index (χ1) is 32.1. The van der Waals surface area contributed by atoms with Crippen molar-refractivity contribution in [1.29, 1.82) is 0 Å². The minimum atomic E-state index is -6.13. The highest BCUT2D eigenvalue weighted by molar-refractivity contribution is 9.10. The SMILES string of the molecule is Brc1cccc(C[n+]2ccncc2)c1.FC(F)(F)c1cc([B-](c2cc(C(F)(F)F)cc(C(F)(F)F)c2)(c2cc(C(F)(F)F)cc(C(F)(F)F)c2)c2cc(C(F)(F)F)cc(C(F)(F)F)c2)cc(C(F)(F)F)c1. The van der Waals surface area contributed by atoms with Crippen LogP contribution in [-0.2, 0) is 56.0 Å². The molecule has 28 heteroatoms. The van der Waals surface area contributed by atoms with E-state index < -0.39 is 195 Å². The van der Waals surface area contributed by atoms with Crippen LogP contribution in [0.5, 0.6) is 0 Å². The van der Waals surface area contributed by atoms with Gasteiger partial charge in [-0.25, -0.2) is 0 Å². The average Bonchev–Trinajstić information content (AvgIpc) is 3.22. The van der Waals surface area contributed by atoms with Gasteiger partial charge in [-0.05, 0) is 36.4 Å². The molecule has 1 heterocycles. The molecule has 0 aliphatic heterocycles. The smallest absolute Gasteiger partial charge is 0.252 e. The highest BCUT2D eigenvalue weighted by Gasteiger charge is 2.47. The van der Waals surface area contributed by atoms with E-state index in [1.54, 1.807) is 12.4 Å². The molecule has 0 spiro atoms. The molecule has 1 aromatic heterocycles. The van der Waals surface area contributed by atoms with Gasteiger partial charge in [0.05, 0.1) is 56.9 Å². The van der Waals surface area contributed by atoms with E-state index in [4.69, 9.17) is 0 Å². The number of rotatable bonds is 6. The predicted octanol–water partition coefficient (Wildman–Crippen LogP) is 13.4. The van der Waals surface area contributed by atoms with E-state index in [0.29, 0.717) is 0 Å².